The Kier molecular flexibility index (Phi) is 4.26. The summed E-state index contributed by atoms with van der Waals surface area (Å²) in [5, 5.41) is -0.541. The first kappa shape index (κ1) is 14.5. The van der Waals surface area contributed by atoms with E-state index in [-0.39, 0.29) is 5.41 Å². The molecule has 96 valence electrons. The van der Waals surface area contributed by atoms with Crippen LogP contribution >= 0.6 is 10.7 Å². The standard InChI is InChI=1S/C13H19ClO2S/c1-10-5-7-12(8-6-10)13(3,4)9-11(2)17(14,15)16/h5-8,11H,9H2,1-4H3. The van der Waals surface area contributed by atoms with Crippen molar-refractivity contribution in [2.24, 2.45) is 0 Å². The van der Waals surface area contributed by atoms with Gasteiger partial charge in [-0.05, 0) is 31.2 Å². The van der Waals surface area contributed by atoms with Crippen molar-refractivity contribution >= 4 is 19.7 Å². The molecule has 0 saturated carbocycles. The van der Waals surface area contributed by atoms with Crippen molar-refractivity contribution in [3.05, 3.63) is 35.4 Å². The van der Waals surface area contributed by atoms with Crippen molar-refractivity contribution in [2.45, 2.75) is 44.8 Å². The minimum atomic E-state index is -3.48. The fourth-order valence-electron chi connectivity index (χ4n) is 1.94. The summed E-state index contributed by atoms with van der Waals surface area (Å²) in [6.07, 6.45) is 0.516. The molecule has 0 radical (unpaired) electrons. The molecule has 4 heteroatoms. The number of hydrogen-bond donors (Lipinski definition) is 0. The van der Waals surface area contributed by atoms with Crippen LogP contribution in [0.4, 0.5) is 0 Å². The second-order valence-corrected chi connectivity index (χ2v) is 8.29. The van der Waals surface area contributed by atoms with Gasteiger partial charge in [-0.15, -0.1) is 0 Å². The molecule has 0 amide bonds. The van der Waals surface area contributed by atoms with Gasteiger partial charge in [0.1, 0.15) is 0 Å². The average Bonchev–Trinajstić information content (AvgIpc) is 2.16. The van der Waals surface area contributed by atoms with Crippen molar-refractivity contribution < 1.29 is 8.42 Å². The van der Waals surface area contributed by atoms with Crippen LogP contribution in [0.1, 0.15) is 38.3 Å². The van der Waals surface area contributed by atoms with E-state index < -0.39 is 14.3 Å². The van der Waals surface area contributed by atoms with Crippen molar-refractivity contribution in [1.82, 2.24) is 0 Å². The summed E-state index contributed by atoms with van der Waals surface area (Å²) in [6.45, 7) is 7.76. The van der Waals surface area contributed by atoms with Gasteiger partial charge in [-0.1, -0.05) is 43.7 Å². The van der Waals surface area contributed by atoms with Gasteiger partial charge in [0.05, 0.1) is 5.25 Å². The van der Waals surface area contributed by atoms with Gasteiger partial charge in [0, 0.05) is 10.7 Å². The highest BCUT2D eigenvalue weighted by Crippen LogP contribution is 2.31. The fraction of sp³-hybridized carbons (Fsp3) is 0.538. The first-order valence-corrected chi connectivity index (χ1v) is 8.01. The second kappa shape index (κ2) is 4.99. The van der Waals surface area contributed by atoms with Crippen LogP contribution < -0.4 is 0 Å². The predicted octanol–water partition coefficient (Wildman–Crippen LogP) is 3.62. The molecule has 1 unspecified atom stereocenters. The second-order valence-electron chi connectivity index (χ2n) is 5.24. The zero-order valence-corrected chi connectivity index (χ0v) is 12.3. The fourth-order valence-corrected chi connectivity index (χ4v) is 2.75. The maximum absolute atomic E-state index is 11.3. The number of aryl methyl sites for hydroxylation is 1. The Balaban J connectivity index is 2.92. The molecule has 0 aliphatic heterocycles. The van der Waals surface area contributed by atoms with Gasteiger partial charge in [0.2, 0.25) is 9.05 Å². The maximum Gasteiger partial charge on any atom is 0.235 e. The lowest BCUT2D eigenvalue weighted by Crippen LogP contribution is -2.26. The topological polar surface area (TPSA) is 34.1 Å². The van der Waals surface area contributed by atoms with E-state index in [2.05, 4.69) is 0 Å². The van der Waals surface area contributed by atoms with Crippen LogP contribution in [0.5, 0.6) is 0 Å². The van der Waals surface area contributed by atoms with E-state index in [9.17, 15) is 8.42 Å². The monoisotopic (exact) mass is 274 g/mol. The largest absolute Gasteiger partial charge is 0.235 e. The number of benzene rings is 1. The Morgan fingerprint density at radius 2 is 1.71 bits per heavy atom. The molecule has 1 aromatic rings. The van der Waals surface area contributed by atoms with E-state index in [1.807, 2.05) is 45.0 Å². The lowest BCUT2D eigenvalue weighted by Gasteiger charge is -2.27. The third-order valence-corrected chi connectivity index (χ3v) is 5.15. The van der Waals surface area contributed by atoms with Crippen molar-refractivity contribution in [3.63, 3.8) is 0 Å². The zero-order chi connectivity index (χ0) is 13.3. The molecule has 17 heavy (non-hydrogen) atoms. The Hall–Kier alpha value is -0.540. The molecule has 1 rings (SSSR count). The summed E-state index contributed by atoms with van der Waals surface area (Å²) in [4.78, 5) is 0. The van der Waals surface area contributed by atoms with E-state index in [1.54, 1.807) is 6.92 Å². The molecule has 0 aliphatic rings. The molecule has 0 bridgehead atoms. The van der Waals surface area contributed by atoms with Gasteiger partial charge in [0.15, 0.2) is 0 Å². The summed E-state index contributed by atoms with van der Waals surface area (Å²) >= 11 is 0. The third-order valence-electron chi connectivity index (χ3n) is 3.11. The highest BCUT2D eigenvalue weighted by atomic mass is 35.7. The smallest absolute Gasteiger partial charge is 0.212 e. The molecule has 0 fully saturated rings. The first-order chi connectivity index (χ1) is 7.63. The van der Waals surface area contributed by atoms with Gasteiger partial charge in [-0.3, -0.25) is 0 Å². The Bertz CT molecular complexity index is 475. The van der Waals surface area contributed by atoms with Crippen molar-refractivity contribution in [2.75, 3.05) is 0 Å². The number of hydrogen-bond acceptors (Lipinski definition) is 2. The molecular formula is C13H19ClO2S. The van der Waals surface area contributed by atoms with E-state index in [0.717, 1.165) is 5.56 Å². The van der Waals surface area contributed by atoms with Crippen molar-refractivity contribution in [1.29, 1.82) is 0 Å². The van der Waals surface area contributed by atoms with Crippen molar-refractivity contribution in [3.8, 4) is 0 Å². The first-order valence-electron chi connectivity index (χ1n) is 5.63. The van der Waals surface area contributed by atoms with Gasteiger partial charge >= 0.3 is 0 Å². The quantitative estimate of drug-likeness (QED) is 0.786. The molecule has 0 saturated heterocycles. The van der Waals surface area contributed by atoms with E-state index in [0.29, 0.717) is 6.42 Å². The summed E-state index contributed by atoms with van der Waals surface area (Å²) in [5.41, 5.74) is 2.13. The SMILES string of the molecule is Cc1ccc(C(C)(C)CC(C)S(=O)(=O)Cl)cc1. The Morgan fingerprint density at radius 3 is 2.12 bits per heavy atom. The molecule has 2 nitrogen and oxygen atoms in total. The van der Waals surface area contributed by atoms with E-state index in [4.69, 9.17) is 10.7 Å². The van der Waals surface area contributed by atoms with Gasteiger partial charge < -0.3 is 0 Å². The molecule has 1 aromatic carbocycles. The van der Waals surface area contributed by atoms with Crippen LogP contribution in [0, 0.1) is 6.92 Å². The van der Waals surface area contributed by atoms with Crippen LogP contribution in [0.25, 0.3) is 0 Å². The van der Waals surface area contributed by atoms with E-state index >= 15 is 0 Å². The van der Waals surface area contributed by atoms with Crippen LogP contribution in [0.2, 0.25) is 0 Å². The minimum Gasteiger partial charge on any atom is -0.212 e. The van der Waals surface area contributed by atoms with Gasteiger partial charge in [-0.25, -0.2) is 8.42 Å². The highest BCUT2D eigenvalue weighted by molar-refractivity contribution is 8.14. The lowest BCUT2D eigenvalue weighted by atomic mass is 9.80. The molecular weight excluding hydrogens is 256 g/mol. The lowest BCUT2D eigenvalue weighted by molar-refractivity contribution is 0.467. The highest BCUT2D eigenvalue weighted by Gasteiger charge is 2.28. The maximum atomic E-state index is 11.3. The molecule has 0 heterocycles. The van der Waals surface area contributed by atoms with Crippen LogP contribution in [0.15, 0.2) is 24.3 Å². The average molecular weight is 275 g/mol. The number of rotatable bonds is 4. The van der Waals surface area contributed by atoms with Crippen LogP contribution in [-0.2, 0) is 14.5 Å². The molecule has 0 aliphatic carbocycles. The summed E-state index contributed by atoms with van der Waals surface area (Å²) in [6, 6.07) is 8.17. The van der Waals surface area contributed by atoms with Gasteiger partial charge in [-0.2, -0.15) is 0 Å². The van der Waals surface area contributed by atoms with Crippen LogP contribution in [-0.4, -0.2) is 13.7 Å². The third kappa shape index (κ3) is 4.00. The number of halogens is 1. The molecule has 1 atom stereocenters. The Morgan fingerprint density at radius 1 is 1.24 bits per heavy atom. The normalized spacial score (nSPS) is 14.6. The van der Waals surface area contributed by atoms with Crippen LogP contribution in [0.3, 0.4) is 0 Å². The molecule has 0 N–H and O–H groups in total. The summed E-state index contributed by atoms with van der Waals surface area (Å²) in [5.74, 6) is 0. The van der Waals surface area contributed by atoms with Gasteiger partial charge in [0.25, 0.3) is 0 Å². The summed E-state index contributed by atoms with van der Waals surface area (Å²) in [7, 11) is 1.89. The van der Waals surface area contributed by atoms with E-state index in [1.165, 1.54) is 5.56 Å². The summed E-state index contributed by atoms with van der Waals surface area (Å²) < 4.78 is 22.5. The zero-order valence-electron chi connectivity index (χ0n) is 10.7. The minimum absolute atomic E-state index is 0.199. The molecule has 0 spiro atoms. The predicted molar refractivity (Wildman–Crippen MR) is 73.1 cm³/mol. The Labute approximate surface area is 108 Å². The molecule has 0 aromatic heterocycles.